The molecule has 0 aliphatic carbocycles. The van der Waals surface area contributed by atoms with Gasteiger partial charge < -0.3 is 5.32 Å². The van der Waals surface area contributed by atoms with Crippen molar-refractivity contribution in [1.82, 2.24) is 0 Å². The molecule has 0 aliphatic rings. The van der Waals surface area contributed by atoms with Gasteiger partial charge in [-0.15, -0.1) is 0 Å². The van der Waals surface area contributed by atoms with E-state index in [1.165, 1.54) is 0 Å². The highest BCUT2D eigenvalue weighted by atomic mass is 35.7. The second kappa shape index (κ2) is 4.93. The van der Waals surface area contributed by atoms with Gasteiger partial charge in [-0.05, 0) is 12.1 Å². The number of rotatable bonds is 2. The van der Waals surface area contributed by atoms with Crippen molar-refractivity contribution in [3.8, 4) is 0 Å². The van der Waals surface area contributed by atoms with E-state index in [-0.39, 0.29) is 12.1 Å². The number of halogens is 6. The summed E-state index contributed by atoms with van der Waals surface area (Å²) in [5, 5.41) is 0.945. The van der Waals surface area contributed by atoms with E-state index in [4.69, 9.17) is 10.7 Å². The van der Waals surface area contributed by atoms with Gasteiger partial charge in [-0.25, -0.2) is 17.2 Å². The second-order valence-electron chi connectivity index (χ2n) is 3.15. The van der Waals surface area contributed by atoms with E-state index >= 15 is 0 Å². The lowest BCUT2D eigenvalue weighted by Crippen LogP contribution is -2.30. The van der Waals surface area contributed by atoms with Crippen LogP contribution in [0.1, 0.15) is 0 Å². The van der Waals surface area contributed by atoms with Crippen LogP contribution in [0.3, 0.4) is 0 Å². The summed E-state index contributed by atoms with van der Waals surface area (Å²) in [5.41, 5.74) is -1.42. The number of amides is 1. The summed E-state index contributed by atoms with van der Waals surface area (Å²) in [5.74, 6) is -6.03. The van der Waals surface area contributed by atoms with Gasteiger partial charge in [0.1, 0.15) is 5.69 Å². The highest BCUT2D eigenvalue weighted by Gasteiger charge is 2.39. The van der Waals surface area contributed by atoms with Crippen LogP contribution < -0.4 is 5.32 Å². The number of carbonyl (C=O) groups excluding carboxylic acids is 1. The lowest BCUT2D eigenvalue weighted by atomic mass is 10.3. The highest BCUT2D eigenvalue weighted by molar-refractivity contribution is 8.13. The van der Waals surface area contributed by atoms with Crippen LogP contribution in [0, 0.1) is 11.6 Å². The van der Waals surface area contributed by atoms with Crippen LogP contribution in [-0.2, 0) is 13.8 Å². The minimum Gasteiger partial charge on any atom is -0.313 e. The molecule has 0 saturated heterocycles. The fourth-order valence-electron chi connectivity index (χ4n) is 0.994. The van der Waals surface area contributed by atoms with E-state index in [0.29, 0.717) is 0 Å². The highest BCUT2D eigenvalue weighted by Crippen LogP contribution is 2.27. The Morgan fingerprint density at radius 1 is 1.16 bits per heavy atom. The minimum atomic E-state index is -5.35. The molecule has 1 amide bonds. The third kappa shape index (κ3) is 3.77. The average molecular weight is 324 g/mol. The van der Waals surface area contributed by atoms with E-state index in [2.05, 4.69) is 0 Å². The second-order valence-corrected chi connectivity index (χ2v) is 5.72. The summed E-state index contributed by atoms with van der Waals surface area (Å²) in [6.07, 6.45) is -5.35. The van der Waals surface area contributed by atoms with Crippen LogP contribution in [0.2, 0.25) is 0 Å². The summed E-state index contributed by atoms with van der Waals surface area (Å²) in [6.45, 7) is 0. The van der Waals surface area contributed by atoms with Crippen molar-refractivity contribution in [3.05, 3.63) is 23.8 Å². The molecular weight excluding hydrogens is 321 g/mol. The van der Waals surface area contributed by atoms with Crippen molar-refractivity contribution in [1.29, 1.82) is 0 Å². The molecule has 0 atom stereocenters. The number of carbonyl (C=O) groups is 1. The summed E-state index contributed by atoms with van der Waals surface area (Å²) in [4.78, 5) is 9.52. The first kappa shape index (κ1) is 15.6. The number of hydrogen-bond acceptors (Lipinski definition) is 3. The van der Waals surface area contributed by atoms with Gasteiger partial charge in [0.2, 0.25) is 0 Å². The predicted molar refractivity (Wildman–Crippen MR) is 54.1 cm³/mol. The maximum atomic E-state index is 13.2. The molecule has 106 valence electrons. The Morgan fingerprint density at radius 3 is 1.89 bits per heavy atom. The molecule has 1 aromatic rings. The monoisotopic (exact) mass is 323 g/mol. The van der Waals surface area contributed by atoms with Gasteiger partial charge in [-0.1, -0.05) is 0 Å². The Balaban J connectivity index is 3.23. The fourth-order valence-corrected chi connectivity index (χ4v) is 1.75. The quantitative estimate of drug-likeness (QED) is 0.671. The summed E-state index contributed by atoms with van der Waals surface area (Å²) in [7, 11) is 0.341. The zero-order valence-corrected chi connectivity index (χ0v) is 10.1. The summed E-state index contributed by atoms with van der Waals surface area (Å²) in [6, 6.07) is 0.356. The van der Waals surface area contributed by atoms with Gasteiger partial charge in [0.25, 0.3) is 9.05 Å². The zero-order chi connectivity index (χ0) is 15.0. The van der Waals surface area contributed by atoms with Crippen molar-refractivity contribution in [2.24, 2.45) is 0 Å². The molecule has 0 saturated carbocycles. The minimum absolute atomic E-state index is 0.178. The first-order valence-corrected chi connectivity index (χ1v) is 6.55. The molecule has 0 spiro atoms. The van der Waals surface area contributed by atoms with Crippen molar-refractivity contribution >= 4 is 31.3 Å². The standard InChI is InChI=1S/C8H3ClF5NO3S/c9-19(17,18)3-1-4(10)6(5(11)2-3)15-7(16)8(12,13)14/h1-2H,(H,15,16). The Morgan fingerprint density at radius 2 is 1.58 bits per heavy atom. The largest absolute Gasteiger partial charge is 0.471 e. The smallest absolute Gasteiger partial charge is 0.313 e. The van der Waals surface area contributed by atoms with Crippen molar-refractivity contribution < 1.29 is 35.2 Å². The lowest BCUT2D eigenvalue weighted by Gasteiger charge is -2.10. The van der Waals surface area contributed by atoms with Gasteiger partial charge in [0, 0.05) is 10.7 Å². The van der Waals surface area contributed by atoms with Crippen LogP contribution in [0.15, 0.2) is 17.0 Å². The number of hydrogen-bond donors (Lipinski definition) is 1. The normalized spacial score (nSPS) is 12.3. The zero-order valence-electron chi connectivity index (χ0n) is 8.56. The van der Waals surface area contributed by atoms with E-state index in [1.54, 1.807) is 0 Å². The Bertz CT molecular complexity index is 605. The first-order chi connectivity index (χ1) is 8.43. The number of alkyl halides is 3. The molecule has 1 N–H and O–H groups in total. The van der Waals surface area contributed by atoms with Crippen LogP contribution >= 0.6 is 10.7 Å². The summed E-state index contributed by atoms with van der Waals surface area (Å²) >= 11 is 0. The SMILES string of the molecule is O=C(Nc1c(F)cc(S(=O)(=O)Cl)cc1F)C(F)(F)F. The van der Waals surface area contributed by atoms with Crippen LogP contribution in [0.5, 0.6) is 0 Å². The molecule has 1 rings (SSSR count). The molecule has 11 heteroatoms. The molecule has 1 aromatic carbocycles. The average Bonchev–Trinajstić information content (AvgIpc) is 2.19. The van der Waals surface area contributed by atoms with Crippen molar-refractivity contribution in [2.75, 3.05) is 5.32 Å². The van der Waals surface area contributed by atoms with Gasteiger partial charge in [-0.3, -0.25) is 4.79 Å². The molecule has 19 heavy (non-hydrogen) atoms. The fraction of sp³-hybridized carbons (Fsp3) is 0.125. The molecule has 0 unspecified atom stereocenters. The number of anilines is 1. The Labute approximate surface area is 107 Å². The maximum absolute atomic E-state index is 13.2. The van der Waals surface area contributed by atoms with Gasteiger partial charge >= 0.3 is 12.1 Å². The van der Waals surface area contributed by atoms with E-state index in [0.717, 1.165) is 5.32 Å². The van der Waals surface area contributed by atoms with Crippen molar-refractivity contribution in [2.45, 2.75) is 11.1 Å². The van der Waals surface area contributed by atoms with Crippen molar-refractivity contribution in [3.63, 3.8) is 0 Å². The Kier molecular flexibility index (Phi) is 4.06. The van der Waals surface area contributed by atoms with Gasteiger partial charge in [0.05, 0.1) is 4.90 Å². The topological polar surface area (TPSA) is 63.2 Å². The van der Waals surface area contributed by atoms with Crippen LogP contribution in [-0.4, -0.2) is 20.5 Å². The summed E-state index contributed by atoms with van der Waals surface area (Å²) < 4.78 is 83.8. The molecule has 0 fully saturated rings. The molecule has 0 aliphatic heterocycles. The molecule has 0 heterocycles. The molecule has 4 nitrogen and oxygen atoms in total. The third-order valence-electron chi connectivity index (χ3n) is 1.79. The predicted octanol–water partition coefficient (Wildman–Crippen LogP) is 2.39. The lowest BCUT2D eigenvalue weighted by molar-refractivity contribution is -0.167. The molecule has 0 radical (unpaired) electrons. The first-order valence-electron chi connectivity index (χ1n) is 4.25. The number of benzene rings is 1. The van der Waals surface area contributed by atoms with E-state index in [9.17, 15) is 35.2 Å². The Hall–Kier alpha value is -1.42. The molecule has 0 aromatic heterocycles. The molecule has 0 bridgehead atoms. The van der Waals surface area contributed by atoms with Crippen LogP contribution in [0.4, 0.5) is 27.6 Å². The third-order valence-corrected chi connectivity index (χ3v) is 3.13. The van der Waals surface area contributed by atoms with Gasteiger partial charge in [-0.2, -0.15) is 13.2 Å². The number of nitrogens with one attached hydrogen (secondary N) is 1. The van der Waals surface area contributed by atoms with E-state index < -0.39 is 43.4 Å². The maximum Gasteiger partial charge on any atom is 0.471 e. The van der Waals surface area contributed by atoms with Gasteiger partial charge in [0.15, 0.2) is 11.6 Å². The van der Waals surface area contributed by atoms with E-state index in [1.807, 2.05) is 0 Å². The van der Waals surface area contributed by atoms with Crippen LogP contribution in [0.25, 0.3) is 0 Å². The molecular formula is C8H3ClF5NO3S.